The minimum Gasteiger partial charge on any atom is -0.306 e. The van der Waals surface area contributed by atoms with Gasteiger partial charge in [-0.1, -0.05) is 56.2 Å². The molecule has 0 aliphatic carbocycles. The number of nitrogens with zero attached hydrogens (tertiary/aromatic N) is 1. The fourth-order valence-electron chi connectivity index (χ4n) is 3.14. The minimum atomic E-state index is -1.17. The van der Waals surface area contributed by atoms with Gasteiger partial charge in [0.25, 0.3) is 0 Å². The highest BCUT2D eigenvalue weighted by Gasteiger charge is 2.29. The van der Waals surface area contributed by atoms with Crippen LogP contribution >= 0.6 is 0 Å². The van der Waals surface area contributed by atoms with E-state index in [1.807, 2.05) is 35.6 Å². The lowest BCUT2D eigenvalue weighted by Gasteiger charge is -2.22. The summed E-state index contributed by atoms with van der Waals surface area (Å²) in [7, 11) is 0.733. The molecule has 3 nitrogen and oxygen atoms in total. The van der Waals surface area contributed by atoms with Gasteiger partial charge in [0.15, 0.2) is 11.0 Å². The van der Waals surface area contributed by atoms with E-state index in [4.69, 9.17) is 0 Å². The zero-order valence-electron chi connectivity index (χ0n) is 13.8. The summed E-state index contributed by atoms with van der Waals surface area (Å²) < 4.78 is 14.8. The molecule has 2 aromatic carbocycles. The Labute approximate surface area is 141 Å². The van der Waals surface area contributed by atoms with Crippen LogP contribution in [0, 0.1) is 0 Å². The average molecular weight is 328 g/mol. The van der Waals surface area contributed by atoms with Crippen LogP contribution in [0.15, 0.2) is 53.4 Å². The number of benzene rings is 2. The predicted molar refractivity (Wildman–Crippen MR) is 97.1 cm³/mol. The molecule has 1 heterocycles. The van der Waals surface area contributed by atoms with Crippen LogP contribution in [0.3, 0.4) is 0 Å². The molecule has 23 heavy (non-hydrogen) atoms. The van der Waals surface area contributed by atoms with E-state index in [2.05, 4.69) is 36.5 Å². The van der Waals surface area contributed by atoms with E-state index in [9.17, 15) is 4.21 Å². The van der Waals surface area contributed by atoms with Gasteiger partial charge in [-0.05, 0) is 36.2 Å². The molecule has 1 N–H and O–H groups in total. The lowest BCUT2D eigenvalue weighted by Crippen LogP contribution is -2.24. The van der Waals surface area contributed by atoms with Crippen molar-refractivity contribution in [3.8, 4) is 0 Å². The van der Waals surface area contributed by atoms with Crippen LogP contribution in [0.2, 0.25) is 0 Å². The van der Waals surface area contributed by atoms with Gasteiger partial charge in [0.05, 0.1) is 16.6 Å². The third kappa shape index (κ3) is 3.19. The fourth-order valence-corrected chi connectivity index (χ4v) is 4.36. The SMILES string of the molecule is CCCCCNC1c2ccccc2N(C)S(=O)c2ccccc21. The van der Waals surface area contributed by atoms with Gasteiger partial charge in [0.2, 0.25) is 0 Å². The molecule has 0 saturated carbocycles. The van der Waals surface area contributed by atoms with Gasteiger partial charge in [-0.25, -0.2) is 4.21 Å². The number of fused-ring (bicyclic) bond motifs is 2. The van der Waals surface area contributed by atoms with Gasteiger partial charge in [-0.15, -0.1) is 0 Å². The van der Waals surface area contributed by atoms with E-state index in [0.29, 0.717) is 0 Å². The standard InChI is InChI=1S/C19H24N2OS/c1-3-4-9-14-20-19-15-10-5-7-12-17(15)21(2)23(22)18-13-8-6-11-16(18)19/h5-8,10-13,19-20H,3-4,9,14H2,1-2H3. The number of hydrogen-bond donors (Lipinski definition) is 1. The van der Waals surface area contributed by atoms with Crippen molar-refractivity contribution in [1.29, 1.82) is 0 Å². The first-order valence-corrected chi connectivity index (χ1v) is 9.41. The monoisotopic (exact) mass is 328 g/mol. The maximum absolute atomic E-state index is 12.9. The molecule has 2 unspecified atom stereocenters. The summed E-state index contributed by atoms with van der Waals surface area (Å²) in [6.07, 6.45) is 3.61. The van der Waals surface area contributed by atoms with E-state index in [0.717, 1.165) is 29.1 Å². The molecule has 1 aliphatic heterocycles. The molecule has 2 aromatic rings. The van der Waals surface area contributed by atoms with Crippen LogP contribution in [0.25, 0.3) is 0 Å². The van der Waals surface area contributed by atoms with Gasteiger partial charge in [0, 0.05) is 7.05 Å². The van der Waals surface area contributed by atoms with Crippen molar-refractivity contribution < 1.29 is 4.21 Å². The molecule has 0 bridgehead atoms. The van der Waals surface area contributed by atoms with E-state index in [1.54, 1.807) is 0 Å². The van der Waals surface area contributed by atoms with Gasteiger partial charge in [0.1, 0.15) is 0 Å². The second kappa shape index (κ2) is 7.28. The maximum Gasteiger partial charge on any atom is 0.153 e. The molecule has 3 rings (SSSR count). The molecule has 0 amide bonds. The summed E-state index contributed by atoms with van der Waals surface area (Å²) in [5.74, 6) is 0. The molecule has 1 aliphatic rings. The van der Waals surface area contributed by atoms with E-state index in [-0.39, 0.29) is 6.04 Å². The first kappa shape index (κ1) is 16.2. The van der Waals surface area contributed by atoms with Gasteiger partial charge >= 0.3 is 0 Å². The van der Waals surface area contributed by atoms with Gasteiger partial charge in [-0.2, -0.15) is 0 Å². The Balaban J connectivity index is 2.04. The number of unbranched alkanes of at least 4 members (excludes halogenated alkanes) is 2. The van der Waals surface area contributed by atoms with Gasteiger partial charge < -0.3 is 5.32 Å². The molecule has 0 fully saturated rings. The fraction of sp³-hybridized carbons (Fsp3) is 0.368. The molecule has 0 saturated heterocycles. The topological polar surface area (TPSA) is 32.3 Å². The van der Waals surface area contributed by atoms with Crippen molar-refractivity contribution in [2.75, 3.05) is 17.9 Å². The summed E-state index contributed by atoms with van der Waals surface area (Å²) >= 11 is 0. The minimum absolute atomic E-state index is 0.0909. The summed E-state index contributed by atoms with van der Waals surface area (Å²) in [6.45, 7) is 3.19. The van der Waals surface area contributed by atoms with Crippen molar-refractivity contribution >= 4 is 16.7 Å². The summed E-state index contributed by atoms with van der Waals surface area (Å²) in [4.78, 5) is 0.902. The normalized spacial score (nSPS) is 19.8. The third-order valence-electron chi connectivity index (χ3n) is 4.38. The molecule has 2 atom stereocenters. The Morgan fingerprint density at radius 1 is 1.04 bits per heavy atom. The lowest BCUT2D eigenvalue weighted by atomic mass is 9.96. The molecule has 122 valence electrons. The highest BCUT2D eigenvalue weighted by molar-refractivity contribution is 7.86. The largest absolute Gasteiger partial charge is 0.306 e. The zero-order chi connectivity index (χ0) is 16.2. The van der Waals surface area contributed by atoms with Crippen molar-refractivity contribution in [3.05, 3.63) is 59.7 Å². The highest BCUT2D eigenvalue weighted by atomic mass is 32.2. The Bertz CT molecular complexity index is 701. The van der Waals surface area contributed by atoms with E-state index < -0.39 is 11.0 Å². The van der Waals surface area contributed by atoms with Crippen molar-refractivity contribution in [3.63, 3.8) is 0 Å². The molecule has 4 heteroatoms. The number of nitrogens with one attached hydrogen (secondary N) is 1. The third-order valence-corrected chi connectivity index (χ3v) is 5.82. The first-order valence-electron chi connectivity index (χ1n) is 8.31. The van der Waals surface area contributed by atoms with Crippen LogP contribution in [-0.4, -0.2) is 17.8 Å². The van der Waals surface area contributed by atoms with Gasteiger partial charge in [-0.3, -0.25) is 4.31 Å². The van der Waals surface area contributed by atoms with Crippen molar-refractivity contribution in [1.82, 2.24) is 5.32 Å². The Morgan fingerprint density at radius 3 is 2.52 bits per heavy atom. The average Bonchev–Trinajstić information content (AvgIpc) is 2.68. The second-order valence-corrected chi connectivity index (χ2v) is 7.42. The quantitative estimate of drug-likeness (QED) is 0.841. The van der Waals surface area contributed by atoms with Crippen LogP contribution in [-0.2, 0) is 11.0 Å². The van der Waals surface area contributed by atoms with E-state index in [1.165, 1.54) is 18.4 Å². The first-order chi connectivity index (χ1) is 11.2. The van der Waals surface area contributed by atoms with Crippen molar-refractivity contribution in [2.45, 2.75) is 37.1 Å². The lowest BCUT2D eigenvalue weighted by molar-refractivity contribution is 0.561. The summed E-state index contributed by atoms with van der Waals surface area (Å²) in [5, 5.41) is 3.69. The number of para-hydroxylation sites is 1. The van der Waals surface area contributed by atoms with Crippen LogP contribution in [0.1, 0.15) is 43.4 Å². The number of hydrogen-bond acceptors (Lipinski definition) is 2. The van der Waals surface area contributed by atoms with Crippen LogP contribution in [0.4, 0.5) is 5.69 Å². The van der Waals surface area contributed by atoms with Crippen LogP contribution < -0.4 is 9.62 Å². The Morgan fingerprint density at radius 2 is 1.74 bits per heavy atom. The molecule has 0 aromatic heterocycles. The number of anilines is 1. The van der Waals surface area contributed by atoms with E-state index >= 15 is 0 Å². The summed E-state index contributed by atoms with van der Waals surface area (Å²) in [6, 6.07) is 16.4. The number of rotatable bonds is 5. The van der Waals surface area contributed by atoms with Crippen LogP contribution in [0.5, 0.6) is 0 Å². The highest BCUT2D eigenvalue weighted by Crippen LogP contribution is 2.38. The summed E-state index contributed by atoms with van der Waals surface area (Å²) in [5.41, 5.74) is 3.36. The Hall–Kier alpha value is -1.65. The predicted octanol–water partition coefficient (Wildman–Crippen LogP) is 4.03. The second-order valence-electron chi connectivity index (χ2n) is 5.94. The maximum atomic E-state index is 12.9. The molecular formula is C19H24N2OS. The Kier molecular flexibility index (Phi) is 5.13. The molecule has 0 radical (unpaired) electrons. The molecule has 0 spiro atoms. The zero-order valence-corrected chi connectivity index (χ0v) is 14.6. The molecular weight excluding hydrogens is 304 g/mol. The van der Waals surface area contributed by atoms with Crippen molar-refractivity contribution in [2.24, 2.45) is 0 Å². The smallest absolute Gasteiger partial charge is 0.153 e.